The number of alkyl carbamates (subject to hydrolysis) is 1. The van der Waals surface area contributed by atoms with E-state index in [1.54, 1.807) is 37.3 Å². The molecule has 1 N–H and O–H groups in total. The molecule has 4 heterocycles. The van der Waals surface area contributed by atoms with Gasteiger partial charge in [0.05, 0.1) is 30.9 Å². The maximum atomic E-state index is 14.2. The van der Waals surface area contributed by atoms with Crippen molar-refractivity contribution in [3.63, 3.8) is 0 Å². The summed E-state index contributed by atoms with van der Waals surface area (Å²) in [6, 6.07) is 8.03. The van der Waals surface area contributed by atoms with Crippen LogP contribution in [0.2, 0.25) is 0 Å². The van der Waals surface area contributed by atoms with E-state index in [0.717, 1.165) is 12.8 Å². The number of carbonyl (C=O) groups is 2. The minimum absolute atomic E-state index is 0.0529. The number of nitrogens with one attached hydrogen (secondary N) is 1. The van der Waals surface area contributed by atoms with Gasteiger partial charge in [0.15, 0.2) is 5.82 Å². The van der Waals surface area contributed by atoms with E-state index in [1.807, 2.05) is 9.80 Å². The average molecular weight is 600 g/mol. The molecule has 1 saturated carbocycles. The van der Waals surface area contributed by atoms with Crippen LogP contribution in [0.1, 0.15) is 51.3 Å². The van der Waals surface area contributed by atoms with E-state index in [0.29, 0.717) is 75.0 Å². The van der Waals surface area contributed by atoms with Crippen molar-refractivity contribution in [2.75, 3.05) is 44.4 Å². The van der Waals surface area contributed by atoms with Crippen molar-refractivity contribution < 1.29 is 32.6 Å². The Balaban J connectivity index is 1.20. The van der Waals surface area contributed by atoms with Crippen LogP contribution >= 0.6 is 0 Å². The number of hydrogen-bond acceptors (Lipinski definition) is 9. The van der Waals surface area contributed by atoms with Gasteiger partial charge in [-0.3, -0.25) is 9.36 Å². The molecule has 230 valence electrons. The molecule has 12 nitrogen and oxygen atoms in total. The van der Waals surface area contributed by atoms with Crippen molar-refractivity contribution in [3.8, 4) is 11.7 Å². The lowest BCUT2D eigenvalue weighted by Gasteiger charge is -2.34. The van der Waals surface area contributed by atoms with Gasteiger partial charge in [0.2, 0.25) is 17.7 Å². The number of nitrogens with zero attached hydrogens (tertiary/aromatic N) is 6. The first-order chi connectivity index (χ1) is 20.9. The number of benzene rings is 1. The first-order valence-electron chi connectivity index (χ1n) is 14.8. The Morgan fingerprint density at radius 3 is 2.58 bits per heavy atom. The molecule has 43 heavy (non-hydrogen) atoms. The topological polar surface area (TPSA) is 124 Å². The van der Waals surface area contributed by atoms with E-state index < -0.39 is 24.4 Å². The SMILES string of the molecule is CCOC(=O)N[C@H]1CCN(C2CCC(Oc3cc(-n4c(C(F)F)nc5ccccc54)nc(N4CCOCC4)n3)CC2)C1=O. The molecule has 0 spiro atoms. The lowest BCUT2D eigenvalue weighted by Crippen LogP contribution is -2.46. The van der Waals surface area contributed by atoms with Gasteiger partial charge in [0.25, 0.3) is 6.43 Å². The van der Waals surface area contributed by atoms with Crippen molar-refractivity contribution >= 4 is 29.0 Å². The number of rotatable bonds is 8. The number of fused-ring (bicyclic) bond motifs is 1. The number of imidazole rings is 1. The Bertz CT molecular complexity index is 1460. The van der Waals surface area contributed by atoms with Crippen LogP contribution in [0, 0.1) is 0 Å². The zero-order valence-corrected chi connectivity index (χ0v) is 24.0. The third-order valence-electron chi connectivity index (χ3n) is 8.16. The van der Waals surface area contributed by atoms with E-state index in [9.17, 15) is 18.4 Å². The Labute approximate surface area is 247 Å². The lowest BCUT2D eigenvalue weighted by atomic mass is 9.92. The standard InChI is InChI=1S/C29H35F2N7O5/c1-2-42-29(40)33-21-11-12-37(27(21)39)18-7-9-19(10-8-18)43-24-17-23(34-28(35-24)36-13-15-41-16-14-36)38-22-6-4-3-5-20(22)32-26(38)25(30)31/h3-6,17-19,21,25H,2,7-16H2,1H3,(H,33,40)/t18?,19?,21-/m0/s1. The molecular weight excluding hydrogens is 564 g/mol. The second-order valence-corrected chi connectivity index (χ2v) is 10.8. The van der Waals surface area contributed by atoms with Gasteiger partial charge in [-0.25, -0.2) is 18.6 Å². The highest BCUT2D eigenvalue weighted by Gasteiger charge is 2.38. The van der Waals surface area contributed by atoms with Crippen molar-refractivity contribution in [3.05, 3.63) is 36.2 Å². The van der Waals surface area contributed by atoms with Gasteiger partial charge in [0, 0.05) is 31.7 Å². The molecule has 2 saturated heterocycles. The minimum Gasteiger partial charge on any atom is -0.474 e. The van der Waals surface area contributed by atoms with Crippen LogP contribution in [0.4, 0.5) is 19.5 Å². The zero-order valence-electron chi connectivity index (χ0n) is 24.0. The third kappa shape index (κ3) is 6.19. The Morgan fingerprint density at radius 2 is 1.84 bits per heavy atom. The number of likely N-dealkylation sites (tertiary alicyclic amines) is 1. The Morgan fingerprint density at radius 1 is 1.07 bits per heavy atom. The van der Waals surface area contributed by atoms with Crippen molar-refractivity contribution in [1.29, 1.82) is 0 Å². The fourth-order valence-electron chi connectivity index (χ4n) is 6.07. The van der Waals surface area contributed by atoms with Gasteiger partial charge >= 0.3 is 6.09 Å². The number of amides is 2. The average Bonchev–Trinajstić information content (AvgIpc) is 3.59. The number of alkyl halides is 2. The Hall–Kier alpha value is -4.07. The first-order valence-corrected chi connectivity index (χ1v) is 14.8. The van der Waals surface area contributed by atoms with E-state index in [2.05, 4.69) is 20.3 Å². The number of anilines is 1. The van der Waals surface area contributed by atoms with Crippen LogP contribution < -0.4 is 15.0 Å². The number of para-hydroxylation sites is 2. The van der Waals surface area contributed by atoms with E-state index in [4.69, 9.17) is 14.2 Å². The summed E-state index contributed by atoms with van der Waals surface area (Å²) in [7, 11) is 0. The molecule has 3 aliphatic rings. The maximum Gasteiger partial charge on any atom is 0.407 e. The van der Waals surface area contributed by atoms with Gasteiger partial charge in [0.1, 0.15) is 18.0 Å². The quantitative estimate of drug-likeness (QED) is 0.413. The highest BCUT2D eigenvalue weighted by Crippen LogP contribution is 2.32. The van der Waals surface area contributed by atoms with E-state index in [-0.39, 0.29) is 30.5 Å². The molecule has 2 amide bonds. The molecule has 1 atom stereocenters. The third-order valence-corrected chi connectivity index (χ3v) is 8.16. The van der Waals surface area contributed by atoms with Crippen LogP contribution in [0.15, 0.2) is 30.3 Å². The maximum absolute atomic E-state index is 14.2. The first kappa shape index (κ1) is 29.0. The van der Waals surface area contributed by atoms with Gasteiger partial charge in [-0.05, 0) is 51.2 Å². The molecular formula is C29H35F2N7O5. The summed E-state index contributed by atoms with van der Waals surface area (Å²) in [6.45, 7) is 4.69. The largest absolute Gasteiger partial charge is 0.474 e. The number of halogens is 2. The molecule has 0 radical (unpaired) electrons. The summed E-state index contributed by atoms with van der Waals surface area (Å²) in [5.74, 6) is 0.446. The van der Waals surface area contributed by atoms with Crippen molar-refractivity contribution in [1.82, 2.24) is 29.7 Å². The molecule has 1 aromatic carbocycles. The summed E-state index contributed by atoms with van der Waals surface area (Å²) in [4.78, 5) is 42.1. The minimum atomic E-state index is -2.81. The second-order valence-electron chi connectivity index (χ2n) is 10.8. The number of ether oxygens (including phenoxy) is 3. The summed E-state index contributed by atoms with van der Waals surface area (Å²) in [5.41, 5.74) is 0.961. The highest BCUT2D eigenvalue weighted by atomic mass is 19.3. The highest BCUT2D eigenvalue weighted by molar-refractivity contribution is 5.87. The zero-order chi connectivity index (χ0) is 29.9. The van der Waals surface area contributed by atoms with Gasteiger partial charge in [-0.1, -0.05) is 12.1 Å². The van der Waals surface area contributed by atoms with Crippen LogP contribution in [-0.2, 0) is 14.3 Å². The monoisotopic (exact) mass is 599 g/mol. The number of morpholine rings is 1. The van der Waals surface area contributed by atoms with Gasteiger partial charge < -0.3 is 29.3 Å². The number of hydrogen-bond donors (Lipinski definition) is 1. The summed E-state index contributed by atoms with van der Waals surface area (Å²) >= 11 is 0. The predicted molar refractivity (Wildman–Crippen MR) is 152 cm³/mol. The summed E-state index contributed by atoms with van der Waals surface area (Å²) in [6.07, 6.45) is -0.168. The van der Waals surface area contributed by atoms with E-state index >= 15 is 0 Å². The number of carbonyl (C=O) groups excluding carboxylic acids is 2. The second kappa shape index (κ2) is 12.7. The molecule has 2 aliphatic heterocycles. The predicted octanol–water partition coefficient (Wildman–Crippen LogP) is 3.63. The number of aromatic nitrogens is 4. The molecule has 0 bridgehead atoms. The van der Waals surface area contributed by atoms with Gasteiger partial charge in [-0.15, -0.1) is 0 Å². The fourth-order valence-corrected chi connectivity index (χ4v) is 6.07. The molecule has 1 aliphatic carbocycles. The molecule has 0 unspecified atom stereocenters. The fraction of sp³-hybridized carbons (Fsp3) is 0.552. The Kier molecular flexibility index (Phi) is 8.54. The van der Waals surface area contributed by atoms with E-state index in [1.165, 1.54) is 4.57 Å². The smallest absolute Gasteiger partial charge is 0.407 e. The molecule has 6 rings (SSSR count). The van der Waals surface area contributed by atoms with Crippen molar-refractivity contribution in [2.45, 2.75) is 63.6 Å². The summed E-state index contributed by atoms with van der Waals surface area (Å²) < 4.78 is 46.5. The van der Waals surface area contributed by atoms with Crippen molar-refractivity contribution in [2.24, 2.45) is 0 Å². The lowest BCUT2D eigenvalue weighted by molar-refractivity contribution is -0.132. The molecule has 3 aromatic rings. The molecule has 2 aromatic heterocycles. The normalized spacial score (nSPS) is 22.8. The van der Waals surface area contributed by atoms with Crippen LogP contribution in [0.3, 0.4) is 0 Å². The molecule has 3 fully saturated rings. The molecule has 14 heteroatoms. The van der Waals surface area contributed by atoms with Crippen LogP contribution in [0.25, 0.3) is 16.9 Å². The summed E-state index contributed by atoms with van der Waals surface area (Å²) in [5, 5.41) is 2.65. The van der Waals surface area contributed by atoms with Crippen LogP contribution in [0.5, 0.6) is 5.88 Å². The van der Waals surface area contributed by atoms with Crippen LogP contribution in [-0.4, -0.2) is 94.1 Å². The van der Waals surface area contributed by atoms with Gasteiger partial charge in [-0.2, -0.15) is 9.97 Å².